The lowest BCUT2D eigenvalue weighted by atomic mass is 10.1. The number of rotatable bonds is 7. The van der Waals surface area contributed by atoms with Gasteiger partial charge in [0.2, 0.25) is 0 Å². The second kappa shape index (κ2) is 11.2. The maximum absolute atomic E-state index is 12.4. The van der Waals surface area contributed by atoms with Gasteiger partial charge in [0.05, 0.1) is 13.3 Å². The summed E-state index contributed by atoms with van der Waals surface area (Å²) in [5, 5.41) is 6.38. The van der Waals surface area contributed by atoms with Crippen LogP contribution >= 0.6 is 0 Å². The summed E-state index contributed by atoms with van der Waals surface area (Å²) >= 11 is 0. The molecule has 0 radical (unpaired) electrons. The number of hydrogen-bond donors (Lipinski definition) is 2. The van der Waals surface area contributed by atoms with E-state index >= 15 is 0 Å². The van der Waals surface area contributed by atoms with E-state index in [4.69, 9.17) is 9.47 Å². The second-order valence-corrected chi connectivity index (χ2v) is 6.83. The fraction of sp³-hybridized carbons (Fsp3) is 0.120. The molecule has 0 aliphatic carbocycles. The van der Waals surface area contributed by atoms with Crippen molar-refractivity contribution in [2.45, 2.75) is 13.3 Å². The van der Waals surface area contributed by atoms with Crippen LogP contribution in [0.4, 0.5) is 5.69 Å². The van der Waals surface area contributed by atoms with E-state index < -0.39 is 17.8 Å². The summed E-state index contributed by atoms with van der Waals surface area (Å²) in [4.78, 5) is 36.6. The molecule has 0 saturated carbocycles. The average molecular weight is 445 g/mol. The van der Waals surface area contributed by atoms with Crippen molar-refractivity contribution in [3.63, 3.8) is 0 Å². The first-order valence-electron chi connectivity index (χ1n) is 10.2. The number of ether oxygens (including phenoxy) is 2. The lowest BCUT2D eigenvalue weighted by molar-refractivity contribution is -0.136. The zero-order valence-corrected chi connectivity index (χ0v) is 18.2. The van der Waals surface area contributed by atoms with Crippen LogP contribution in [0.3, 0.4) is 0 Å². The van der Waals surface area contributed by atoms with Crippen molar-refractivity contribution in [1.29, 1.82) is 0 Å². The molecule has 0 aliphatic rings. The maximum Gasteiger partial charge on any atom is 0.347 e. The Labute approximate surface area is 191 Å². The second-order valence-electron chi connectivity index (χ2n) is 6.83. The molecule has 0 aliphatic heterocycles. The Morgan fingerprint density at radius 3 is 2.48 bits per heavy atom. The van der Waals surface area contributed by atoms with Crippen molar-refractivity contribution in [3.8, 4) is 11.5 Å². The third-order valence-corrected chi connectivity index (χ3v) is 4.63. The van der Waals surface area contributed by atoms with Crippen LogP contribution in [0.1, 0.15) is 28.4 Å². The van der Waals surface area contributed by atoms with Crippen molar-refractivity contribution < 1.29 is 23.9 Å². The number of nitrogens with zero attached hydrogens (tertiary/aromatic N) is 1. The number of methoxy groups -OCH3 is 1. The number of amides is 2. The molecule has 0 fully saturated rings. The topological polar surface area (TPSA) is 106 Å². The Morgan fingerprint density at radius 2 is 1.70 bits per heavy atom. The van der Waals surface area contributed by atoms with Gasteiger partial charge >= 0.3 is 17.8 Å². The highest BCUT2D eigenvalue weighted by molar-refractivity contribution is 6.39. The summed E-state index contributed by atoms with van der Waals surface area (Å²) in [6.07, 6.45) is 2.06. The summed E-state index contributed by atoms with van der Waals surface area (Å²) < 4.78 is 10.6. The first-order valence-corrected chi connectivity index (χ1v) is 10.2. The number of anilines is 1. The molecule has 8 nitrogen and oxygen atoms in total. The highest BCUT2D eigenvalue weighted by atomic mass is 16.5. The molecular weight excluding hydrogens is 422 g/mol. The van der Waals surface area contributed by atoms with Gasteiger partial charge in [0.15, 0.2) is 0 Å². The van der Waals surface area contributed by atoms with E-state index in [1.807, 2.05) is 19.1 Å². The monoisotopic (exact) mass is 445 g/mol. The summed E-state index contributed by atoms with van der Waals surface area (Å²) in [5.41, 5.74) is 4.53. The van der Waals surface area contributed by atoms with Crippen LogP contribution < -0.4 is 20.2 Å². The van der Waals surface area contributed by atoms with Crippen LogP contribution in [0.5, 0.6) is 11.5 Å². The third kappa shape index (κ3) is 6.27. The summed E-state index contributed by atoms with van der Waals surface area (Å²) in [6.45, 7) is 1.96. The predicted octanol–water partition coefficient (Wildman–Crippen LogP) is 3.57. The smallest absolute Gasteiger partial charge is 0.347 e. The van der Waals surface area contributed by atoms with Gasteiger partial charge in [0, 0.05) is 5.69 Å². The fourth-order valence-corrected chi connectivity index (χ4v) is 2.98. The number of hydrogen-bond acceptors (Lipinski definition) is 6. The quantitative estimate of drug-likeness (QED) is 0.190. The predicted molar refractivity (Wildman–Crippen MR) is 125 cm³/mol. The largest absolute Gasteiger partial charge is 0.496 e. The Balaban J connectivity index is 1.59. The van der Waals surface area contributed by atoms with E-state index in [1.165, 1.54) is 13.3 Å². The van der Waals surface area contributed by atoms with E-state index in [1.54, 1.807) is 60.7 Å². The molecule has 2 amide bonds. The molecule has 2 N–H and O–H groups in total. The Morgan fingerprint density at radius 1 is 0.939 bits per heavy atom. The molecular formula is C25H23N3O5. The van der Waals surface area contributed by atoms with Crippen molar-refractivity contribution in [2.24, 2.45) is 5.10 Å². The van der Waals surface area contributed by atoms with Crippen LogP contribution in [0, 0.1) is 0 Å². The number of benzene rings is 3. The van der Waals surface area contributed by atoms with Crippen molar-refractivity contribution >= 4 is 29.7 Å². The molecule has 0 atom stereocenters. The molecule has 33 heavy (non-hydrogen) atoms. The maximum atomic E-state index is 12.4. The van der Waals surface area contributed by atoms with Gasteiger partial charge in [-0.25, -0.2) is 10.2 Å². The first kappa shape index (κ1) is 23.2. The molecule has 0 aromatic heterocycles. The van der Waals surface area contributed by atoms with Gasteiger partial charge in [0.25, 0.3) is 0 Å². The standard InChI is InChI=1S/C25H23N3O5/c1-3-18-10-4-6-13-21(18)27-23(29)24(30)28-26-16-17-9-8-11-19(15-17)33-25(31)20-12-5-7-14-22(20)32-2/h4-16H,3H2,1-2H3,(H,27,29)(H,28,30)/b26-16+. The van der Waals surface area contributed by atoms with Crippen molar-refractivity contribution in [1.82, 2.24) is 5.43 Å². The van der Waals surface area contributed by atoms with E-state index in [0.717, 1.165) is 5.56 Å². The van der Waals surface area contributed by atoms with E-state index in [9.17, 15) is 14.4 Å². The zero-order valence-electron chi connectivity index (χ0n) is 18.2. The normalized spacial score (nSPS) is 10.5. The van der Waals surface area contributed by atoms with E-state index in [0.29, 0.717) is 29.0 Å². The van der Waals surface area contributed by atoms with Crippen molar-refractivity contribution in [3.05, 3.63) is 89.5 Å². The fourth-order valence-electron chi connectivity index (χ4n) is 2.98. The molecule has 0 unspecified atom stereocenters. The van der Waals surface area contributed by atoms with Crippen LogP contribution in [0.25, 0.3) is 0 Å². The molecule has 0 spiro atoms. The van der Waals surface area contributed by atoms with Gasteiger partial charge in [0.1, 0.15) is 17.1 Å². The van der Waals surface area contributed by atoms with Crippen LogP contribution in [0.2, 0.25) is 0 Å². The molecule has 3 aromatic carbocycles. The molecule has 0 bridgehead atoms. The first-order chi connectivity index (χ1) is 16.0. The summed E-state index contributed by atoms with van der Waals surface area (Å²) in [6, 6.07) is 20.5. The highest BCUT2D eigenvalue weighted by Gasteiger charge is 2.15. The lowest BCUT2D eigenvalue weighted by Gasteiger charge is -2.09. The molecule has 0 saturated heterocycles. The minimum absolute atomic E-state index is 0.287. The Bertz CT molecular complexity index is 1190. The Hall–Kier alpha value is -4.46. The average Bonchev–Trinajstić information content (AvgIpc) is 2.84. The number of aryl methyl sites for hydroxylation is 1. The number of nitrogens with one attached hydrogen (secondary N) is 2. The van der Waals surface area contributed by atoms with Gasteiger partial charge in [-0.2, -0.15) is 5.10 Å². The van der Waals surface area contributed by atoms with Crippen molar-refractivity contribution in [2.75, 3.05) is 12.4 Å². The number of esters is 1. The Kier molecular flexibility index (Phi) is 7.91. The van der Waals surface area contributed by atoms with Crippen LogP contribution in [0.15, 0.2) is 77.9 Å². The van der Waals surface area contributed by atoms with Gasteiger partial charge < -0.3 is 14.8 Å². The lowest BCUT2D eigenvalue weighted by Crippen LogP contribution is -2.32. The summed E-state index contributed by atoms with van der Waals surface area (Å²) in [7, 11) is 1.47. The number of carbonyl (C=O) groups is 3. The van der Waals surface area contributed by atoms with Crippen LogP contribution in [-0.2, 0) is 16.0 Å². The van der Waals surface area contributed by atoms with Gasteiger partial charge in [-0.15, -0.1) is 0 Å². The minimum Gasteiger partial charge on any atom is -0.496 e. The SMILES string of the molecule is CCc1ccccc1NC(=O)C(=O)N/N=C/c1cccc(OC(=O)c2ccccc2OC)c1. The number of carbonyl (C=O) groups excluding carboxylic acids is 3. The van der Waals surface area contributed by atoms with Crippen LogP contribution in [-0.4, -0.2) is 31.1 Å². The van der Waals surface area contributed by atoms with E-state index in [-0.39, 0.29) is 5.75 Å². The molecule has 3 rings (SSSR count). The van der Waals surface area contributed by atoms with E-state index in [2.05, 4.69) is 15.8 Å². The molecule has 8 heteroatoms. The van der Waals surface area contributed by atoms with Gasteiger partial charge in [-0.05, 0) is 47.9 Å². The zero-order chi connectivity index (χ0) is 23.6. The van der Waals surface area contributed by atoms with Gasteiger partial charge in [-0.1, -0.05) is 49.4 Å². The third-order valence-electron chi connectivity index (χ3n) is 4.63. The minimum atomic E-state index is -0.907. The highest BCUT2D eigenvalue weighted by Crippen LogP contribution is 2.21. The number of hydrazone groups is 1. The molecule has 3 aromatic rings. The number of para-hydroxylation sites is 2. The molecule has 0 heterocycles. The molecule has 168 valence electrons. The van der Waals surface area contributed by atoms with Gasteiger partial charge in [-0.3, -0.25) is 9.59 Å². The summed E-state index contributed by atoms with van der Waals surface area (Å²) in [5.74, 6) is -1.61.